The Morgan fingerprint density at radius 1 is 1.10 bits per heavy atom. The van der Waals surface area contributed by atoms with Crippen molar-refractivity contribution < 1.29 is 5.11 Å². The van der Waals surface area contributed by atoms with Crippen LogP contribution < -0.4 is 5.32 Å². The molecule has 0 spiro atoms. The minimum atomic E-state index is -0.583. The summed E-state index contributed by atoms with van der Waals surface area (Å²) in [6.45, 7) is 0. The molecule has 2 N–H and O–H groups in total. The molecule has 1 atom stereocenters. The number of pyridine rings is 1. The van der Waals surface area contributed by atoms with Gasteiger partial charge in [-0.1, -0.05) is 19.3 Å². The molecule has 1 saturated carbocycles. The number of fused-ring (bicyclic) bond motifs is 1. The van der Waals surface area contributed by atoms with E-state index in [2.05, 4.69) is 30.6 Å². The summed E-state index contributed by atoms with van der Waals surface area (Å²) in [4.78, 5) is 8.90. The van der Waals surface area contributed by atoms with E-state index in [1.165, 1.54) is 19.3 Å². The van der Waals surface area contributed by atoms with E-state index in [1.807, 2.05) is 41.9 Å². The van der Waals surface area contributed by atoms with Crippen LogP contribution >= 0.6 is 0 Å². The lowest BCUT2D eigenvalue weighted by atomic mass is 9.85. The van der Waals surface area contributed by atoms with Gasteiger partial charge in [-0.3, -0.25) is 9.08 Å². The van der Waals surface area contributed by atoms with Crippen LogP contribution in [-0.2, 0) is 7.05 Å². The Balaban J connectivity index is 1.42. The van der Waals surface area contributed by atoms with Gasteiger partial charge in [-0.2, -0.15) is 5.10 Å². The number of nitrogens with zero attached hydrogens (tertiary/aromatic N) is 7. The lowest BCUT2D eigenvalue weighted by Crippen LogP contribution is -2.18. The van der Waals surface area contributed by atoms with E-state index in [-0.39, 0.29) is 5.92 Å². The highest BCUT2D eigenvalue weighted by molar-refractivity contribution is 5.65. The first-order chi connectivity index (χ1) is 14.7. The number of nitrogens with one attached hydrogen (secondary N) is 1. The molecule has 30 heavy (non-hydrogen) atoms. The quantitative estimate of drug-likeness (QED) is 0.526. The van der Waals surface area contributed by atoms with Crippen molar-refractivity contribution in [3.05, 3.63) is 48.7 Å². The van der Waals surface area contributed by atoms with Gasteiger partial charge in [-0.05, 0) is 37.0 Å². The molecule has 0 aliphatic heterocycles. The molecule has 4 heterocycles. The summed E-state index contributed by atoms with van der Waals surface area (Å²) in [7, 11) is 1.85. The molecular formula is C21H24N8O. The maximum absolute atomic E-state index is 10.8. The standard InChI is InChI=1S/C21H24N8O/c1-28-17(8-11-23-28)25-21-22-10-7-16(24-21)15-9-12-29-18(13-15)26-27-20(29)19(30)14-5-3-2-4-6-14/h7-14,19,30H,2-6H2,1H3,(H,22,24,25)/t19-/m1/s1. The maximum atomic E-state index is 10.8. The maximum Gasteiger partial charge on any atom is 0.228 e. The van der Waals surface area contributed by atoms with Crippen LogP contribution in [0, 0.1) is 5.92 Å². The van der Waals surface area contributed by atoms with Crippen LogP contribution in [0.4, 0.5) is 11.8 Å². The van der Waals surface area contributed by atoms with Crippen molar-refractivity contribution in [2.45, 2.75) is 38.2 Å². The first-order valence-electron chi connectivity index (χ1n) is 10.3. The van der Waals surface area contributed by atoms with Crippen LogP contribution in [0.5, 0.6) is 0 Å². The molecule has 0 aromatic carbocycles. The summed E-state index contributed by atoms with van der Waals surface area (Å²) < 4.78 is 3.59. The Morgan fingerprint density at radius 2 is 1.97 bits per heavy atom. The van der Waals surface area contributed by atoms with Gasteiger partial charge in [0.15, 0.2) is 11.5 Å². The number of aryl methyl sites for hydroxylation is 1. The Morgan fingerprint density at radius 3 is 2.77 bits per heavy atom. The monoisotopic (exact) mass is 404 g/mol. The largest absolute Gasteiger partial charge is 0.385 e. The third-order valence-electron chi connectivity index (χ3n) is 5.81. The van der Waals surface area contributed by atoms with Gasteiger partial charge in [-0.15, -0.1) is 10.2 Å². The summed E-state index contributed by atoms with van der Waals surface area (Å²) in [5.41, 5.74) is 2.37. The van der Waals surface area contributed by atoms with Crippen LogP contribution in [0.1, 0.15) is 44.0 Å². The molecule has 1 aliphatic rings. The zero-order chi connectivity index (χ0) is 20.5. The third kappa shape index (κ3) is 3.52. The Kier molecular flexibility index (Phi) is 4.88. The molecule has 9 heteroatoms. The lowest BCUT2D eigenvalue weighted by Gasteiger charge is -2.25. The van der Waals surface area contributed by atoms with E-state index in [1.54, 1.807) is 17.1 Å². The van der Waals surface area contributed by atoms with Crippen molar-refractivity contribution in [1.29, 1.82) is 0 Å². The fraction of sp³-hybridized carbons (Fsp3) is 0.381. The molecule has 0 amide bonds. The molecule has 9 nitrogen and oxygen atoms in total. The fourth-order valence-corrected chi connectivity index (χ4v) is 4.12. The van der Waals surface area contributed by atoms with Crippen molar-refractivity contribution in [3.63, 3.8) is 0 Å². The molecular weight excluding hydrogens is 380 g/mol. The van der Waals surface area contributed by atoms with E-state index >= 15 is 0 Å². The molecule has 0 unspecified atom stereocenters. The first kappa shape index (κ1) is 18.7. The van der Waals surface area contributed by atoms with Gasteiger partial charge in [0.05, 0.1) is 11.9 Å². The average Bonchev–Trinajstić information content (AvgIpc) is 3.39. The van der Waals surface area contributed by atoms with Crippen LogP contribution in [0.2, 0.25) is 0 Å². The van der Waals surface area contributed by atoms with Gasteiger partial charge in [0.25, 0.3) is 0 Å². The Hall–Kier alpha value is -3.33. The predicted octanol–water partition coefficient (Wildman–Crippen LogP) is 3.28. The van der Waals surface area contributed by atoms with Gasteiger partial charge in [-0.25, -0.2) is 9.97 Å². The van der Waals surface area contributed by atoms with E-state index in [4.69, 9.17) is 0 Å². The number of hydrogen-bond acceptors (Lipinski definition) is 7. The molecule has 1 fully saturated rings. The highest BCUT2D eigenvalue weighted by Crippen LogP contribution is 2.34. The van der Waals surface area contributed by atoms with Crippen LogP contribution in [0.25, 0.3) is 16.9 Å². The fourth-order valence-electron chi connectivity index (χ4n) is 4.12. The molecule has 4 aromatic heterocycles. The normalized spacial score (nSPS) is 16.1. The van der Waals surface area contributed by atoms with Gasteiger partial charge >= 0.3 is 0 Å². The zero-order valence-electron chi connectivity index (χ0n) is 16.8. The van der Waals surface area contributed by atoms with E-state index in [0.29, 0.717) is 17.4 Å². The minimum absolute atomic E-state index is 0.258. The second kappa shape index (κ2) is 7.83. The average molecular weight is 404 g/mol. The van der Waals surface area contributed by atoms with Crippen LogP contribution in [0.3, 0.4) is 0 Å². The lowest BCUT2D eigenvalue weighted by molar-refractivity contribution is 0.0763. The highest BCUT2D eigenvalue weighted by Gasteiger charge is 2.27. The topological polar surface area (TPSA) is 106 Å². The van der Waals surface area contributed by atoms with Crippen molar-refractivity contribution in [3.8, 4) is 11.3 Å². The number of aromatic nitrogens is 7. The van der Waals surface area contributed by atoms with Crippen LogP contribution in [-0.4, -0.2) is 39.5 Å². The van der Waals surface area contributed by atoms with Crippen molar-refractivity contribution >= 4 is 17.4 Å². The van der Waals surface area contributed by atoms with E-state index in [0.717, 1.165) is 29.9 Å². The van der Waals surface area contributed by atoms with E-state index < -0.39 is 6.10 Å². The Bertz CT molecular complexity index is 1160. The van der Waals surface area contributed by atoms with Gasteiger partial charge < -0.3 is 10.4 Å². The molecule has 154 valence electrons. The predicted molar refractivity (Wildman–Crippen MR) is 112 cm³/mol. The summed E-state index contributed by atoms with van der Waals surface area (Å²) in [6.07, 6.45) is 10.4. The number of hydrogen-bond donors (Lipinski definition) is 2. The first-order valence-corrected chi connectivity index (χ1v) is 10.3. The summed E-state index contributed by atoms with van der Waals surface area (Å²) in [6, 6.07) is 7.61. The molecule has 0 radical (unpaired) electrons. The second-order valence-electron chi connectivity index (χ2n) is 7.78. The molecule has 1 aliphatic carbocycles. The van der Waals surface area contributed by atoms with Crippen LogP contribution in [0.15, 0.2) is 42.9 Å². The molecule has 0 saturated heterocycles. The van der Waals surface area contributed by atoms with Crippen molar-refractivity contribution in [1.82, 2.24) is 34.3 Å². The molecule has 5 rings (SSSR count). The number of anilines is 2. The SMILES string of the molecule is Cn1nccc1Nc1nccc(-c2ccn3c([C@H](O)C4CCCCC4)nnc3c2)n1. The number of aliphatic hydroxyl groups excluding tert-OH is 1. The zero-order valence-corrected chi connectivity index (χ0v) is 16.8. The summed E-state index contributed by atoms with van der Waals surface area (Å²) >= 11 is 0. The number of aliphatic hydroxyl groups is 1. The second-order valence-corrected chi connectivity index (χ2v) is 7.78. The van der Waals surface area contributed by atoms with Crippen molar-refractivity contribution in [2.24, 2.45) is 13.0 Å². The smallest absolute Gasteiger partial charge is 0.228 e. The van der Waals surface area contributed by atoms with E-state index in [9.17, 15) is 5.11 Å². The van der Waals surface area contributed by atoms with Crippen molar-refractivity contribution in [2.75, 3.05) is 5.32 Å². The summed E-state index contributed by atoms with van der Waals surface area (Å²) in [5.74, 6) is 2.17. The number of rotatable bonds is 5. The van der Waals surface area contributed by atoms with Gasteiger partial charge in [0.1, 0.15) is 11.9 Å². The minimum Gasteiger partial charge on any atom is -0.385 e. The molecule has 4 aromatic rings. The van der Waals surface area contributed by atoms with Gasteiger partial charge in [0.2, 0.25) is 5.95 Å². The Labute approximate surface area is 173 Å². The highest BCUT2D eigenvalue weighted by atomic mass is 16.3. The van der Waals surface area contributed by atoms with Gasteiger partial charge in [0, 0.05) is 31.1 Å². The third-order valence-corrected chi connectivity index (χ3v) is 5.81. The molecule has 0 bridgehead atoms. The summed E-state index contributed by atoms with van der Waals surface area (Å²) in [5, 5.41) is 26.7.